The molecule has 3 rings (SSSR count). The van der Waals surface area contributed by atoms with Gasteiger partial charge >= 0.3 is 5.97 Å². The zero-order chi connectivity index (χ0) is 25.8. The first-order chi connectivity index (χ1) is 17.5. The van der Waals surface area contributed by atoms with Crippen LogP contribution in [0.2, 0.25) is 0 Å². The van der Waals surface area contributed by atoms with Crippen molar-refractivity contribution in [3.05, 3.63) is 77.9 Å². The van der Waals surface area contributed by atoms with E-state index in [0.29, 0.717) is 47.5 Å². The minimum atomic E-state index is -0.932. The number of aliphatic carboxylic acids is 1. The maximum Gasteiger partial charge on any atom is 0.307 e. The van der Waals surface area contributed by atoms with Crippen LogP contribution in [0.1, 0.15) is 31.4 Å². The first-order valence-corrected chi connectivity index (χ1v) is 11.7. The maximum atomic E-state index is 11.2. The van der Waals surface area contributed by atoms with Crippen LogP contribution in [-0.4, -0.2) is 43.7 Å². The molecular weight excluding hydrogens is 462 g/mol. The Bertz CT molecular complexity index is 1160. The number of rotatable bonds is 14. The monoisotopic (exact) mass is 493 g/mol. The second-order valence-electron chi connectivity index (χ2n) is 7.78. The van der Waals surface area contributed by atoms with E-state index in [1.54, 1.807) is 25.3 Å². The van der Waals surface area contributed by atoms with Crippen molar-refractivity contribution in [2.75, 3.05) is 26.9 Å². The van der Waals surface area contributed by atoms with Gasteiger partial charge in [0, 0.05) is 11.6 Å². The number of carbonyl (C=O) groups is 1. The van der Waals surface area contributed by atoms with Crippen molar-refractivity contribution >= 4 is 11.7 Å². The van der Waals surface area contributed by atoms with E-state index in [0.717, 1.165) is 17.7 Å². The van der Waals surface area contributed by atoms with E-state index in [1.807, 2.05) is 62.4 Å². The lowest BCUT2D eigenvalue weighted by Gasteiger charge is -2.13. The molecule has 8 heteroatoms. The number of carboxylic acid groups (broad SMARTS) is 1. The Labute approximate surface area is 211 Å². The molecule has 8 nitrogen and oxygen atoms in total. The van der Waals surface area contributed by atoms with Crippen molar-refractivity contribution < 1.29 is 33.7 Å². The van der Waals surface area contributed by atoms with Gasteiger partial charge in [0.2, 0.25) is 0 Å². The van der Waals surface area contributed by atoms with Gasteiger partial charge in [-0.25, -0.2) is 0 Å². The molecule has 0 heterocycles. The molecule has 0 saturated carbocycles. The maximum absolute atomic E-state index is 11.2. The number of methoxy groups -OCH3 is 1. The van der Waals surface area contributed by atoms with Gasteiger partial charge in [0.05, 0.1) is 20.1 Å². The number of ether oxygens (including phenoxy) is 4. The van der Waals surface area contributed by atoms with Crippen LogP contribution in [0.5, 0.6) is 28.7 Å². The van der Waals surface area contributed by atoms with Crippen LogP contribution in [0.15, 0.2) is 71.9 Å². The van der Waals surface area contributed by atoms with E-state index in [4.69, 9.17) is 23.8 Å². The predicted molar refractivity (Wildman–Crippen MR) is 137 cm³/mol. The lowest BCUT2D eigenvalue weighted by atomic mass is 10.1. The predicted octanol–water partition coefficient (Wildman–Crippen LogP) is 5.72. The van der Waals surface area contributed by atoms with Crippen molar-refractivity contribution in [3.63, 3.8) is 0 Å². The van der Waals surface area contributed by atoms with E-state index in [2.05, 4.69) is 5.16 Å². The number of nitrogens with zero attached hydrogens (tertiary/aromatic N) is 1. The molecule has 0 spiro atoms. The topological polar surface area (TPSA) is 95.8 Å². The van der Waals surface area contributed by atoms with Gasteiger partial charge in [0.25, 0.3) is 0 Å². The largest absolute Gasteiger partial charge is 0.497 e. The number of hydrogen-bond donors (Lipinski definition) is 1. The van der Waals surface area contributed by atoms with Crippen LogP contribution in [0.4, 0.5) is 0 Å². The number of oxime groups is 1. The molecule has 0 radical (unpaired) electrons. The third-order valence-corrected chi connectivity index (χ3v) is 4.91. The van der Waals surface area contributed by atoms with Gasteiger partial charge in [-0.1, -0.05) is 24.2 Å². The number of hydrogen-bond acceptors (Lipinski definition) is 7. The standard InChI is InChI=1S/C28H31NO7/c1-4-13-35-29-27(19-34-26-15-20(16-28(30)31)14-25(18-26)33-5-2)21-7-6-8-24(17-21)36-23-11-9-22(32-3)10-12-23/h6-12,14-15,17-18H,4-5,13,16,19H2,1-3H3,(H,30,31). The van der Waals surface area contributed by atoms with Crippen LogP contribution in [0.3, 0.4) is 0 Å². The van der Waals surface area contributed by atoms with Gasteiger partial charge in [-0.15, -0.1) is 0 Å². The molecule has 0 atom stereocenters. The van der Waals surface area contributed by atoms with Crippen LogP contribution < -0.4 is 18.9 Å². The highest BCUT2D eigenvalue weighted by molar-refractivity contribution is 6.01. The van der Waals surface area contributed by atoms with Gasteiger partial charge in [0.15, 0.2) is 0 Å². The van der Waals surface area contributed by atoms with Gasteiger partial charge in [-0.3, -0.25) is 4.79 Å². The Morgan fingerprint density at radius 2 is 1.58 bits per heavy atom. The van der Waals surface area contributed by atoms with E-state index in [1.165, 1.54) is 0 Å². The fourth-order valence-corrected chi connectivity index (χ4v) is 3.29. The van der Waals surface area contributed by atoms with Crippen LogP contribution in [-0.2, 0) is 16.1 Å². The molecule has 0 bridgehead atoms. The lowest BCUT2D eigenvalue weighted by Crippen LogP contribution is -2.14. The van der Waals surface area contributed by atoms with E-state index >= 15 is 0 Å². The third kappa shape index (κ3) is 8.23. The Kier molecular flexibility index (Phi) is 10.00. The van der Waals surface area contributed by atoms with Crippen molar-refractivity contribution in [1.29, 1.82) is 0 Å². The summed E-state index contributed by atoms with van der Waals surface area (Å²) in [6.07, 6.45) is 0.676. The summed E-state index contributed by atoms with van der Waals surface area (Å²) < 4.78 is 22.8. The minimum absolute atomic E-state index is 0.0950. The van der Waals surface area contributed by atoms with Crippen molar-refractivity contribution in [1.82, 2.24) is 0 Å². The van der Waals surface area contributed by atoms with E-state index in [9.17, 15) is 9.90 Å². The SMILES string of the molecule is CCCON=C(COc1cc(CC(=O)O)cc(OCC)c1)c1cccc(Oc2ccc(OC)cc2)c1. The summed E-state index contributed by atoms with van der Waals surface area (Å²) in [5.74, 6) is 2.13. The van der Waals surface area contributed by atoms with Crippen molar-refractivity contribution in [2.24, 2.45) is 5.16 Å². The second kappa shape index (κ2) is 13.6. The van der Waals surface area contributed by atoms with Crippen LogP contribution in [0.25, 0.3) is 0 Å². The molecule has 0 aliphatic carbocycles. The van der Waals surface area contributed by atoms with Gasteiger partial charge in [0.1, 0.15) is 47.7 Å². The number of benzene rings is 3. The summed E-state index contributed by atoms with van der Waals surface area (Å²) in [4.78, 5) is 16.7. The fourth-order valence-electron chi connectivity index (χ4n) is 3.29. The molecule has 3 aromatic carbocycles. The van der Waals surface area contributed by atoms with Gasteiger partial charge < -0.3 is 28.9 Å². The molecule has 0 fully saturated rings. The Hall–Kier alpha value is -4.20. The molecule has 0 aliphatic heterocycles. The average Bonchev–Trinajstić information content (AvgIpc) is 2.86. The highest BCUT2D eigenvalue weighted by Crippen LogP contribution is 2.26. The molecule has 3 aromatic rings. The number of carboxylic acids is 1. The first kappa shape index (κ1) is 26.4. The zero-order valence-electron chi connectivity index (χ0n) is 20.7. The Balaban J connectivity index is 1.80. The molecule has 190 valence electrons. The van der Waals surface area contributed by atoms with Crippen molar-refractivity contribution in [3.8, 4) is 28.7 Å². The normalized spacial score (nSPS) is 11.0. The molecule has 0 aliphatic rings. The summed E-state index contributed by atoms with van der Waals surface area (Å²) in [7, 11) is 1.61. The first-order valence-electron chi connectivity index (χ1n) is 11.7. The molecule has 0 amide bonds. The molecular formula is C28H31NO7. The van der Waals surface area contributed by atoms with Gasteiger partial charge in [-0.05, 0) is 67.4 Å². The van der Waals surface area contributed by atoms with E-state index < -0.39 is 5.97 Å². The molecule has 0 aromatic heterocycles. The Morgan fingerprint density at radius 3 is 2.25 bits per heavy atom. The summed E-state index contributed by atoms with van der Waals surface area (Å²) in [5, 5.41) is 13.5. The highest BCUT2D eigenvalue weighted by Gasteiger charge is 2.12. The highest BCUT2D eigenvalue weighted by atomic mass is 16.6. The summed E-state index contributed by atoms with van der Waals surface area (Å²) >= 11 is 0. The second-order valence-corrected chi connectivity index (χ2v) is 7.78. The molecule has 0 saturated heterocycles. The molecule has 1 N–H and O–H groups in total. The average molecular weight is 494 g/mol. The van der Waals surface area contributed by atoms with Crippen LogP contribution in [0, 0.1) is 0 Å². The lowest BCUT2D eigenvalue weighted by molar-refractivity contribution is -0.136. The van der Waals surface area contributed by atoms with Gasteiger partial charge in [-0.2, -0.15) is 0 Å². The minimum Gasteiger partial charge on any atom is -0.497 e. The Morgan fingerprint density at radius 1 is 0.861 bits per heavy atom. The van der Waals surface area contributed by atoms with Crippen molar-refractivity contribution in [2.45, 2.75) is 26.7 Å². The quantitative estimate of drug-likeness (QED) is 0.174. The zero-order valence-corrected chi connectivity index (χ0v) is 20.7. The fraction of sp³-hybridized carbons (Fsp3) is 0.286. The van der Waals surface area contributed by atoms with E-state index in [-0.39, 0.29) is 13.0 Å². The third-order valence-electron chi connectivity index (χ3n) is 4.91. The van der Waals surface area contributed by atoms with Crippen LogP contribution >= 0.6 is 0 Å². The smallest absolute Gasteiger partial charge is 0.307 e. The summed E-state index contributed by atoms with van der Waals surface area (Å²) in [6.45, 7) is 4.87. The molecule has 0 unspecified atom stereocenters. The summed E-state index contributed by atoms with van der Waals surface area (Å²) in [6, 6.07) is 19.9. The summed E-state index contributed by atoms with van der Waals surface area (Å²) in [5.41, 5.74) is 1.91. The molecule has 36 heavy (non-hydrogen) atoms.